The minimum Gasteiger partial charge on any atom is -0.0837 e. The Kier molecular flexibility index (Phi) is 5.66. The summed E-state index contributed by atoms with van der Waals surface area (Å²) in [5.41, 5.74) is 1.57. The van der Waals surface area contributed by atoms with Crippen molar-refractivity contribution in [3.63, 3.8) is 0 Å². The molecule has 0 amide bonds. The van der Waals surface area contributed by atoms with Crippen molar-refractivity contribution in [3.05, 3.63) is 23.8 Å². The monoisotopic (exact) mass is 192 g/mol. The zero-order valence-corrected chi connectivity index (χ0v) is 9.76. The van der Waals surface area contributed by atoms with Gasteiger partial charge in [0, 0.05) is 0 Å². The van der Waals surface area contributed by atoms with Crippen molar-refractivity contribution >= 4 is 0 Å². The van der Waals surface area contributed by atoms with Crippen molar-refractivity contribution in [2.45, 2.75) is 58.8 Å². The topological polar surface area (TPSA) is 0 Å². The zero-order chi connectivity index (χ0) is 10.2. The summed E-state index contributed by atoms with van der Waals surface area (Å²) in [5.74, 6) is 0.841. The summed E-state index contributed by atoms with van der Waals surface area (Å²) in [5, 5.41) is 0. The molecule has 80 valence electrons. The fraction of sp³-hybridized carbons (Fsp3) is 0.714. The highest BCUT2D eigenvalue weighted by Gasteiger charge is 2.08. The Morgan fingerprint density at radius 1 is 1.21 bits per heavy atom. The Morgan fingerprint density at radius 2 is 2.07 bits per heavy atom. The Labute approximate surface area is 89.1 Å². The van der Waals surface area contributed by atoms with Crippen molar-refractivity contribution in [3.8, 4) is 0 Å². The minimum atomic E-state index is 0.841. The van der Waals surface area contributed by atoms with E-state index >= 15 is 0 Å². The summed E-state index contributed by atoms with van der Waals surface area (Å²) >= 11 is 0. The smallest absolute Gasteiger partial charge is 0.0193 e. The first kappa shape index (κ1) is 11.6. The molecule has 0 saturated heterocycles. The maximum Gasteiger partial charge on any atom is -0.0193 e. The minimum absolute atomic E-state index is 0.841. The quantitative estimate of drug-likeness (QED) is 0.527. The first-order chi connectivity index (χ1) is 6.86. The van der Waals surface area contributed by atoms with Gasteiger partial charge in [-0.3, -0.25) is 0 Å². The summed E-state index contributed by atoms with van der Waals surface area (Å²) in [7, 11) is 0. The van der Waals surface area contributed by atoms with Gasteiger partial charge in [-0.25, -0.2) is 0 Å². The van der Waals surface area contributed by atoms with Gasteiger partial charge in [0.1, 0.15) is 0 Å². The van der Waals surface area contributed by atoms with Crippen molar-refractivity contribution in [2.24, 2.45) is 5.92 Å². The van der Waals surface area contributed by atoms with Gasteiger partial charge < -0.3 is 0 Å². The molecule has 0 aromatic heterocycles. The van der Waals surface area contributed by atoms with Gasteiger partial charge in [0.2, 0.25) is 0 Å². The second-order valence-electron chi connectivity index (χ2n) is 4.39. The van der Waals surface area contributed by atoms with E-state index in [9.17, 15) is 0 Å². The number of allylic oxidation sites excluding steroid dienone is 4. The molecular formula is C14H24. The third-order valence-corrected chi connectivity index (χ3v) is 2.94. The summed E-state index contributed by atoms with van der Waals surface area (Å²) in [4.78, 5) is 0. The van der Waals surface area contributed by atoms with E-state index in [2.05, 4.69) is 32.1 Å². The van der Waals surface area contributed by atoms with Gasteiger partial charge in [-0.05, 0) is 25.2 Å². The Bertz CT molecular complexity index is 198. The van der Waals surface area contributed by atoms with Crippen LogP contribution in [0, 0.1) is 5.92 Å². The van der Waals surface area contributed by atoms with Gasteiger partial charge in [-0.2, -0.15) is 0 Å². The lowest BCUT2D eigenvalue weighted by Gasteiger charge is -2.16. The summed E-state index contributed by atoms with van der Waals surface area (Å²) in [6.45, 7) is 4.54. The second-order valence-corrected chi connectivity index (χ2v) is 4.39. The molecule has 1 aliphatic rings. The predicted octanol–water partition coefficient (Wildman–Crippen LogP) is 4.87. The average Bonchev–Trinajstić information content (AvgIpc) is 2.19. The predicted molar refractivity (Wildman–Crippen MR) is 64.4 cm³/mol. The molecule has 0 heteroatoms. The molecule has 0 radical (unpaired) electrons. The van der Waals surface area contributed by atoms with E-state index < -0.39 is 0 Å². The van der Waals surface area contributed by atoms with Crippen molar-refractivity contribution < 1.29 is 0 Å². The molecule has 0 bridgehead atoms. The van der Waals surface area contributed by atoms with Gasteiger partial charge in [0.05, 0.1) is 0 Å². The van der Waals surface area contributed by atoms with Gasteiger partial charge >= 0.3 is 0 Å². The molecule has 1 unspecified atom stereocenters. The second kappa shape index (κ2) is 6.86. The van der Waals surface area contributed by atoms with Gasteiger partial charge in [-0.15, -0.1) is 0 Å². The van der Waals surface area contributed by atoms with E-state index in [1.54, 1.807) is 5.57 Å². The van der Waals surface area contributed by atoms with E-state index in [-0.39, 0.29) is 0 Å². The van der Waals surface area contributed by atoms with Crippen LogP contribution in [-0.2, 0) is 0 Å². The molecule has 0 aromatic rings. The van der Waals surface area contributed by atoms with Gasteiger partial charge in [0.15, 0.2) is 0 Å². The average molecular weight is 192 g/mol. The van der Waals surface area contributed by atoms with Crippen LogP contribution in [0.4, 0.5) is 0 Å². The highest BCUT2D eigenvalue weighted by molar-refractivity contribution is 5.23. The van der Waals surface area contributed by atoms with Gasteiger partial charge in [0.25, 0.3) is 0 Å². The standard InChI is InChI=1S/C14H24/c1-3-5-6-9-14-11-7-10-13(12-14)8-4-2/h7,10,12,14H,3-6,8-9,11H2,1-2H3. The van der Waals surface area contributed by atoms with Crippen LogP contribution in [0.25, 0.3) is 0 Å². The summed E-state index contributed by atoms with van der Waals surface area (Å²) in [6, 6.07) is 0. The molecule has 0 heterocycles. The molecule has 0 nitrogen and oxygen atoms in total. The first-order valence-corrected chi connectivity index (χ1v) is 6.24. The van der Waals surface area contributed by atoms with Crippen molar-refractivity contribution in [1.29, 1.82) is 0 Å². The molecule has 1 atom stereocenters. The lowest BCUT2D eigenvalue weighted by Crippen LogP contribution is -2.00. The normalized spacial score (nSPS) is 21.0. The van der Waals surface area contributed by atoms with Crippen molar-refractivity contribution in [2.75, 3.05) is 0 Å². The maximum atomic E-state index is 2.51. The number of hydrogen-bond acceptors (Lipinski definition) is 0. The zero-order valence-electron chi connectivity index (χ0n) is 9.76. The van der Waals surface area contributed by atoms with E-state index in [0.717, 1.165) is 5.92 Å². The highest BCUT2D eigenvalue weighted by atomic mass is 14.1. The fourth-order valence-electron chi connectivity index (χ4n) is 2.13. The van der Waals surface area contributed by atoms with E-state index in [0.29, 0.717) is 0 Å². The van der Waals surface area contributed by atoms with Crippen LogP contribution in [0.3, 0.4) is 0 Å². The van der Waals surface area contributed by atoms with Crippen molar-refractivity contribution in [1.82, 2.24) is 0 Å². The van der Waals surface area contributed by atoms with Crippen LogP contribution in [-0.4, -0.2) is 0 Å². The summed E-state index contributed by atoms with van der Waals surface area (Å²) < 4.78 is 0. The number of rotatable bonds is 6. The number of unbranched alkanes of at least 4 members (excludes halogenated alkanes) is 2. The molecule has 14 heavy (non-hydrogen) atoms. The molecule has 0 aliphatic heterocycles. The lowest BCUT2D eigenvalue weighted by atomic mass is 9.90. The van der Waals surface area contributed by atoms with Crippen LogP contribution < -0.4 is 0 Å². The van der Waals surface area contributed by atoms with Crippen LogP contribution in [0.5, 0.6) is 0 Å². The SMILES string of the molecule is CCCCCC1C=C(CCC)C=CC1. The van der Waals surface area contributed by atoms with Crippen LogP contribution in [0.15, 0.2) is 23.8 Å². The van der Waals surface area contributed by atoms with Crippen LogP contribution >= 0.6 is 0 Å². The molecule has 0 spiro atoms. The van der Waals surface area contributed by atoms with Crippen LogP contribution in [0.2, 0.25) is 0 Å². The van der Waals surface area contributed by atoms with E-state index in [4.69, 9.17) is 0 Å². The molecule has 0 aromatic carbocycles. The van der Waals surface area contributed by atoms with Crippen LogP contribution in [0.1, 0.15) is 58.8 Å². The highest BCUT2D eigenvalue weighted by Crippen LogP contribution is 2.24. The largest absolute Gasteiger partial charge is 0.0837 e. The Hall–Kier alpha value is -0.520. The summed E-state index contributed by atoms with van der Waals surface area (Å²) in [6.07, 6.45) is 16.6. The molecule has 0 saturated carbocycles. The molecule has 0 N–H and O–H groups in total. The van der Waals surface area contributed by atoms with E-state index in [1.807, 2.05) is 0 Å². The molecule has 0 fully saturated rings. The fourth-order valence-corrected chi connectivity index (χ4v) is 2.13. The third kappa shape index (κ3) is 4.13. The molecular weight excluding hydrogens is 168 g/mol. The Morgan fingerprint density at radius 3 is 2.79 bits per heavy atom. The lowest BCUT2D eigenvalue weighted by molar-refractivity contribution is 0.537. The number of hydrogen-bond donors (Lipinski definition) is 0. The maximum absolute atomic E-state index is 2.51. The molecule has 1 aliphatic carbocycles. The first-order valence-electron chi connectivity index (χ1n) is 6.24. The van der Waals surface area contributed by atoms with Gasteiger partial charge in [-0.1, -0.05) is 63.3 Å². The van der Waals surface area contributed by atoms with E-state index in [1.165, 1.54) is 44.9 Å². The third-order valence-electron chi connectivity index (χ3n) is 2.94. The Balaban J connectivity index is 2.29. The molecule has 1 rings (SSSR count).